The van der Waals surface area contributed by atoms with Crippen LogP contribution in [0.15, 0.2) is 22.1 Å². The van der Waals surface area contributed by atoms with E-state index in [1.165, 1.54) is 4.88 Å². The van der Waals surface area contributed by atoms with Crippen LogP contribution in [0.1, 0.15) is 16.9 Å². The van der Waals surface area contributed by atoms with Crippen LogP contribution in [-0.2, 0) is 13.0 Å². The smallest absolute Gasteiger partial charge is 0.243 e. The standard InChI is InChI=1S/C15H15BrClFN4OS/c1-23-12-10(5-2-6-18)13(16)22-11(12)14(20-15(17)21-22)19-8-9-4-3-7-24-9/h3-4,7H,2,5-6,8H2,1H3,(H,19,20,21). The van der Waals surface area contributed by atoms with Crippen LogP contribution in [0.2, 0.25) is 5.28 Å². The normalized spacial score (nSPS) is 11.2. The minimum atomic E-state index is -0.391. The van der Waals surface area contributed by atoms with Gasteiger partial charge in [-0.05, 0) is 51.8 Å². The maximum Gasteiger partial charge on any atom is 0.243 e. The third kappa shape index (κ3) is 3.36. The first-order valence-corrected chi connectivity index (χ1v) is 9.33. The molecule has 0 atom stereocenters. The molecule has 128 valence electrons. The molecule has 3 rings (SSSR count). The Kier molecular flexibility index (Phi) is 5.57. The molecule has 0 unspecified atom stereocenters. The number of ether oxygens (including phenoxy) is 1. The van der Waals surface area contributed by atoms with Crippen LogP contribution >= 0.6 is 38.9 Å². The summed E-state index contributed by atoms with van der Waals surface area (Å²) in [6, 6.07) is 4.03. The summed E-state index contributed by atoms with van der Waals surface area (Å²) in [4.78, 5) is 5.47. The fourth-order valence-electron chi connectivity index (χ4n) is 2.50. The fraction of sp³-hybridized carbons (Fsp3) is 0.333. The highest BCUT2D eigenvalue weighted by molar-refractivity contribution is 9.10. The molecule has 0 saturated carbocycles. The molecule has 0 fully saturated rings. The number of nitrogens with one attached hydrogen (secondary N) is 1. The zero-order chi connectivity index (χ0) is 17.1. The molecule has 0 bridgehead atoms. The molecule has 3 aromatic heterocycles. The van der Waals surface area contributed by atoms with E-state index in [1.54, 1.807) is 23.0 Å². The second-order valence-electron chi connectivity index (χ2n) is 5.02. The number of aromatic nitrogens is 3. The number of halogens is 3. The van der Waals surface area contributed by atoms with Gasteiger partial charge in [0.25, 0.3) is 0 Å². The molecule has 0 aromatic carbocycles. The van der Waals surface area contributed by atoms with Crippen LogP contribution in [0, 0.1) is 0 Å². The fourth-order valence-corrected chi connectivity index (χ4v) is 3.94. The highest BCUT2D eigenvalue weighted by Gasteiger charge is 2.22. The molecular formula is C15H15BrClFN4OS. The van der Waals surface area contributed by atoms with Crippen molar-refractivity contribution >= 4 is 50.2 Å². The number of rotatable bonds is 7. The summed E-state index contributed by atoms with van der Waals surface area (Å²) in [6.07, 6.45) is 0.941. The van der Waals surface area contributed by atoms with Gasteiger partial charge < -0.3 is 10.1 Å². The molecule has 0 radical (unpaired) electrons. The molecule has 24 heavy (non-hydrogen) atoms. The maximum atomic E-state index is 12.6. The van der Waals surface area contributed by atoms with Crippen molar-refractivity contribution in [3.63, 3.8) is 0 Å². The number of thiophene rings is 1. The molecule has 0 aliphatic carbocycles. The van der Waals surface area contributed by atoms with Gasteiger partial charge in [0, 0.05) is 10.4 Å². The van der Waals surface area contributed by atoms with Gasteiger partial charge in [-0.1, -0.05) is 6.07 Å². The van der Waals surface area contributed by atoms with Gasteiger partial charge in [-0.2, -0.15) is 4.98 Å². The van der Waals surface area contributed by atoms with Crippen LogP contribution in [0.3, 0.4) is 0 Å². The van der Waals surface area contributed by atoms with Crippen molar-refractivity contribution in [2.45, 2.75) is 19.4 Å². The molecule has 9 heteroatoms. The van der Waals surface area contributed by atoms with Crippen molar-refractivity contribution in [2.75, 3.05) is 19.1 Å². The number of anilines is 1. The van der Waals surface area contributed by atoms with E-state index in [9.17, 15) is 4.39 Å². The average molecular weight is 434 g/mol. The average Bonchev–Trinajstić information content (AvgIpc) is 3.18. The highest BCUT2D eigenvalue weighted by Crippen LogP contribution is 2.38. The van der Waals surface area contributed by atoms with Gasteiger partial charge in [0.1, 0.15) is 4.60 Å². The number of hydrogen-bond acceptors (Lipinski definition) is 5. The highest BCUT2D eigenvalue weighted by atomic mass is 79.9. The molecular weight excluding hydrogens is 419 g/mol. The van der Waals surface area contributed by atoms with Crippen LogP contribution in [0.5, 0.6) is 5.75 Å². The largest absolute Gasteiger partial charge is 0.494 e. The van der Waals surface area contributed by atoms with Crippen molar-refractivity contribution in [2.24, 2.45) is 0 Å². The molecule has 0 spiro atoms. The summed E-state index contributed by atoms with van der Waals surface area (Å²) in [5.74, 6) is 1.20. The van der Waals surface area contributed by atoms with Gasteiger partial charge in [0.2, 0.25) is 5.28 Å². The first-order valence-electron chi connectivity index (χ1n) is 7.28. The van der Waals surface area contributed by atoms with E-state index in [-0.39, 0.29) is 5.28 Å². The van der Waals surface area contributed by atoms with Gasteiger partial charge in [-0.25, -0.2) is 4.52 Å². The summed E-state index contributed by atoms with van der Waals surface area (Å²) in [5, 5.41) is 9.65. The minimum Gasteiger partial charge on any atom is -0.494 e. The lowest BCUT2D eigenvalue weighted by Crippen LogP contribution is -2.05. The van der Waals surface area contributed by atoms with E-state index in [0.29, 0.717) is 41.1 Å². The lowest BCUT2D eigenvalue weighted by Gasteiger charge is -2.08. The third-order valence-corrected chi connectivity index (χ3v) is 5.37. The van der Waals surface area contributed by atoms with Crippen LogP contribution in [0.4, 0.5) is 10.2 Å². The summed E-state index contributed by atoms with van der Waals surface area (Å²) in [7, 11) is 1.58. The van der Waals surface area contributed by atoms with Gasteiger partial charge in [0.05, 0.1) is 20.3 Å². The summed E-state index contributed by atoms with van der Waals surface area (Å²) in [6.45, 7) is 0.226. The Morgan fingerprint density at radius 1 is 1.50 bits per heavy atom. The van der Waals surface area contributed by atoms with Crippen LogP contribution in [-0.4, -0.2) is 28.4 Å². The maximum absolute atomic E-state index is 12.6. The summed E-state index contributed by atoms with van der Waals surface area (Å²) < 4.78 is 20.5. The number of alkyl halides is 1. The molecule has 0 amide bonds. The number of methoxy groups -OCH3 is 1. The zero-order valence-corrected chi connectivity index (χ0v) is 16.0. The van der Waals surface area contributed by atoms with E-state index in [2.05, 4.69) is 31.3 Å². The third-order valence-electron chi connectivity index (χ3n) is 3.52. The lowest BCUT2D eigenvalue weighted by molar-refractivity contribution is 0.411. The Labute approximate surface area is 155 Å². The van der Waals surface area contributed by atoms with E-state index in [4.69, 9.17) is 16.3 Å². The zero-order valence-electron chi connectivity index (χ0n) is 12.9. The van der Waals surface area contributed by atoms with Crippen molar-refractivity contribution in [1.82, 2.24) is 14.6 Å². The quantitative estimate of drug-likeness (QED) is 0.585. The summed E-state index contributed by atoms with van der Waals surface area (Å²) in [5.41, 5.74) is 1.53. The van der Waals surface area contributed by atoms with Gasteiger partial charge in [0.15, 0.2) is 17.1 Å². The summed E-state index contributed by atoms with van der Waals surface area (Å²) >= 11 is 11.2. The Morgan fingerprint density at radius 2 is 2.33 bits per heavy atom. The van der Waals surface area contributed by atoms with Crippen LogP contribution < -0.4 is 10.1 Å². The van der Waals surface area contributed by atoms with Gasteiger partial charge >= 0.3 is 0 Å². The number of nitrogens with zero attached hydrogens (tertiary/aromatic N) is 3. The Hall–Kier alpha value is -1.38. The van der Waals surface area contributed by atoms with Crippen molar-refractivity contribution in [1.29, 1.82) is 0 Å². The topological polar surface area (TPSA) is 51.5 Å². The Balaban J connectivity index is 2.07. The van der Waals surface area contributed by atoms with Crippen molar-refractivity contribution in [3.05, 3.63) is 37.8 Å². The van der Waals surface area contributed by atoms with E-state index in [1.807, 2.05) is 17.5 Å². The van der Waals surface area contributed by atoms with E-state index in [0.717, 1.165) is 5.56 Å². The molecule has 1 N–H and O–H groups in total. The molecule has 3 heterocycles. The molecule has 5 nitrogen and oxygen atoms in total. The predicted octanol–water partition coefficient (Wildman–Crippen LogP) is 4.73. The van der Waals surface area contributed by atoms with Gasteiger partial charge in [-0.3, -0.25) is 4.39 Å². The second-order valence-corrected chi connectivity index (χ2v) is 7.14. The molecule has 3 aromatic rings. The SMILES string of the molecule is COc1c(CCCF)c(Br)n2nc(Cl)nc(NCc3cccs3)c12. The first kappa shape index (κ1) is 17.4. The molecule has 0 aliphatic rings. The van der Waals surface area contributed by atoms with Crippen molar-refractivity contribution < 1.29 is 9.13 Å². The Morgan fingerprint density at radius 3 is 3.00 bits per heavy atom. The Bertz CT molecular complexity index is 840. The minimum absolute atomic E-state index is 0.117. The van der Waals surface area contributed by atoms with Crippen molar-refractivity contribution in [3.8, 4) is 5.75 Å². The first-order chi connectivity index (χ1) is 11.7. The second kappa shape index (κ2) is 7.67. The van der Waals surface area contributed by atoms with Crippen LogP contribution in [0.25, 0.3) is 5.52 Å². The molecule has 0 saturated heterocycles. The molecule has 0 aliphatic heterocycles. The number of hydrogen-bond donors (Lipinski definition) is 1. The monoisotopic (exact) mass is 432 g/mol. The van der Waals surface area contributed by atoms with E-state index < -0.39 is 6.67 Å². The lowest BCUT2D eigenvalue weighted by atomic mass is 10.2. The van der Waals surface area contributed by atoms with Gasteiger partial charge in [-0.15, -0.1) is 16.4 Å². The van der Waals surface area contributed by atoms with E-state index >= 15 is 0 Å². The number of fused-ring (bicyclic) bond motifs is 1. The predicted molar refractivity (Wildman–Crippen MR) is 98.2 cm³/mol.